The molecule has 0 saturated carbocycles. The molecule has 1 atom stereocenters. The fourth-order valence-electron chi connectivity index (χ4n) is 1.77. The van der Waals surface area contributed by atoms with Gasteiger partial charge in [-0.05, 0) is 19.4 Å². The zero-order valence-corrected chi connectivity index (χ0v) is 13.4. The summed E-state index contributed by atoms with van der Waals surface area (Å²) in [7, 11) is 3.36. The molecule has 0 saturated heterocycles. The van der Waals surface area contributed by atoms with Crippen molar-refractivity contribution in [1.29, 1.82) is 0 Å². The topological polar surface area (TPSA) is 69.7 Å². The lowest BCUT2D eigenvalue weighted by atomic mass is 10.0. The average molecular weight is 285 g/mol. The monoisotopic (exact) mass is 285 g/mol. The smallest absolute Gasteiger partial charge is 0.236 e. The van der Waals surface area contributed by atoms with Crippen molar-refractivity contribution in [3.05, 3.63) is 0 Å². The summed E-state index contributed by atoms with van der Waals surface area (Å²) in [5.41, 5.74) is 0. The van der Waals surface area contributed by atoms with Crippen LogP contribution in [0.25, 0.3) is 0 Å². The summed E-state index contributed by atoms with van der Waals surface area (Å²) in [6.07, 6.45) is 0. The Kier molecular flexibility index (Phi) is 8.06. The Bertz CT molecular complexity index is 354. The number of likely N-dealkylation sites (N-methyl/N-ethyl adjacent to an activating group) is 2. The Balaban J connectivity index is 4.48. The van der Waals surface area contributed by atoms with Crippen LogP contribution < -0.4 is 5.32 Å². The van der Waals surface area contributed by atoms with Crippen LogP contribution in [0.3, 0.4) is 0 Å². The molecule has 0 radical (unpaired) electrons. The SMILES string of the molecule is CCN(CC(=O)NC(C(C)=O)C(C)C)CC(=O)N(C)C. The molecule has 1 unspecified atom stereocenters. The molecule has 0 aliphatic rings. The quantitative estimate of drug-likeness (QED) is 0.688. The molecule has 6 nitrogen and oxygen atoms in total. The third-order valence-corrected chi connectivity index (χ3v) is 3.09. The van der Waals surface area contributed by atoms with Crippen molar-refractivity contribution in [1.82, 2.24) is 15.1 Å². The summed E-state index contributed by atoms with van der Waals surface area (Å²) in [6, 6.07) is -0.467. The van der Waals surface area contributed by atoms with Crippen LogP contribution in [-0.4, -0.2) is 67.2 Å². The van der Waals surface area contributed by atoms with Gasteiger partial charge in [-0.15, -0.1) is 0 Å². The van der Waals surface area contributed by atoms with E-state index in [1.165, 1.54) is 11.8 Å². The van der Waals surface area contributed by atoms with Crippen molar-refractivity contribution < 1.29 is 14.4 Å². The van der Waals surface area contributed by atoms with Gasteiger partial charge in [-0.1, -0.05) is 20.8 Å². The lowest BCUT2D eigenvalue weighted by molar-refractivity contribution is -0.132. The van der Waals surface area contributed by atoms with Gasteiger partial charge in [0.05, 0.1) is 19.1 Å². The lowest BCUT2D eigenvalue weighted by Gasteiger charge is -2.24. The van der Waals surface area contributed by atoms with Crippen molar-refractivity contribution >= 4 is 17.6 Å². The summed E-state index contributed by atoms with van der Waals surface area (Å²) < 4.78 is 0. The zero-order chi connectivity index (χ0) is 15.9. The fourth-order valence-corrected chi connectivity index (χ4v) is 1.77. The van der Waals surface area contributed by atoms with Gasteiger partial charge >= 0.3 is 0 Å². The van der Waals surface area contributed by atoms with Crippen molar-refractivity contribution in [2.75, 3.05) is 33.7 Å². The highest BCUT2D eigenvalue weighted by molar-refractivity contribution is 5.88. The molecule has 116 valence electrons. The van der Waals surface area contributed by atoms with Crippen LogP contribution in [0.5, 0.6) is 0 Å². The van der Waals surface area contributed by atoms with Gasteiger partial charge < -0.3 is 10.2 Å². The van der Waals surface area contributed by atoms with E-state index in [4.69, 9.17) is 0 Å². The number of hydrogen-bond acceptors (Lipinski definition) is 4. The molecule has 0 aliphatic carbocycles. The van der Waals surface area contributed by atoms with Crippen LogP contribution in [0.4, 0.5) is 0 Å². The van der Waals surface area contributed by atoms with E-state index in [0.29, 0.717) is 6.54 Å². The number of carbonyl (C=O) groups is 3. The number of amides is 2. The predicted molar refractivity (Wildman–Crippen MR) is 78.3 cm³/mol. The fraction of sp³-hybridized carbons (Fsp3) is 0.786. The van der Waals surface area contributed by atoms with E-state index in [1.54, 1.807) is 19.0 Å². The molecular formula is C14H27N3O3. The highest BCUT2D eigenvalue weighted by atomic mass is 16.2. The molecule has 0 bridgehead atoms. The second-order valence-corrected chi connectivity index (χ2v) is 5.49. The van der Waals surface area contributed by atoms with Crippen LogP contribution >= 0.6 is 0 Å². The van der Waals surface area contributed by atoms with Crippen LogP contribution in [0, 0.1) is 5.92 Å². The Morgan fingerprint density at radius 3 is 2.00 bits per heavy atom. The van der Waals surface area contributed by atoms with Gasteiger partial charge in [0.25, 0.3) is 0 Å². The number of rotatable bonds is 8. The predicted octanol–water partition coefficient (Wildman–Crippen LogP) is 0.126. The van der Waals surface area contributed by atoms with Crippen LogP contribution in [-0.2, 0) is 14.4 Å². The maximum absolute atomic E-state index is 12.0. The minimum absolute atomic E-state index is 0.0494. The standard InChI is InChI=1S/C14H27N3O3/c1-7-17(9-13(20)16(5)6)8-12(19)15-14(10(2)3)11(4)18/h10,14H,7-9H2,1-6H3,(H,15,19). The molecule has 0 aliphatic heterocycles. The maximum atomic E-state index is 12.0. The third-order valence-electron chi connectivity index (χ3n) is 3.09. The van der Waals surface area contributed by atoms with E-state index in [1.807, 2.05) is 20.8 Å². The first-order valence-electron chi connectivity index (χ1n) is 6.91. The van der Waals surface area contributed by atoms with Gasteiger partial charge in [0, 0.05) is 14.1 Å². The highest BCUT2D eigenvalue weighted by Crippen LogP contribution is 2.03. The van der Waals surface area contributed by atoms with Gasteiger partial charge in [0.1, 0.15) is 0 Å². The molecule has 0 aromatic carbocycles. The molecule has 0 heterocycles. The molecule has 0 aromatic rings. The summed E-state index contributed by atoms with van der Waals surface area (Å²) >= 11 is 0. The van der Waals surface area contributed by atoms with Gasteiger partial charge in [-0.2, -0.15) is 0 Å². The first kappa shape index (κ1) is 18.6. The molecule has 6 heteroatoms. The van der Waals surface area contributed by atoms with Gasteiger partial charge in [-0.3, -0.25) is 19.3 Å². The summed E-state index contributed by atoms with van der Waals surface area (Å²) in [5, 5.41) is 2.73. The van der Waals surface area contributed by atoms with E-state index >= 15 is 0 Å². The first-order chi connectivity index (χ1) is 9.18. The Morgan fingerprint density at radius 2 is 1.65 bits per heavy atom. The molecule has 1 N–H and O–H groups in total. The van der Waals surface area contributed by atoms with Crippen molar-refractivity contribution in [2.24, 2.45) is 5.92 Å². The minimum Gasteiger partial charge on any atom is -0.348 e. The van der Waals surface area contributed by atoms with E-state index in [0.717, 1.165) is 0 Å². The van der Waals surface area contributed by atoms with Crippen molar-refractivity contribution in [2.45, 2.75) is 33.7 Å². The largest absolute Gasteiger partial charge is 0.348 e. The number of nitrogens with zero attached hydrogens (tertiary/aromatic N) is 2. The molecule has 0 spiro atoms. The first-order valence-corrected chi connectivity index (χ1v) is 6.91. The number of Topliss-reactive ketones (excluding diaryl/α,β-unsaturated/α-hetero) is 1. The van der Waals surface area contributed by atoms with Crippen LogP contribution in [0.15, 0.2) is 0 Å². The van der Waals surface area contributed by atoms with Crippen molar-refractivity contribution in [3.63, 3.8) is 0 Å². The van der Waals surface area contributed by atoms with E-state index < -0.39 is 6.04 Å². The van der Waals surface area contributed by atoms with Crippen LogP contribution in [0.1, 0.15) is 27.7 Å². The summed E-state index contributed by atoms with van der Waals surface area (Å²) in [4.78, 5) is 38.3. The average Bonchev–Trinajstić information content (AvgIpc) is 2.33. The number of nitrogens with one attached hydrogen (secondary N) is 1. The highest BCUT2D eigenvalue weighted by Gasteiger charge is 2.22. The Hall–Kier alpha value is -1.43. The van der Waals surface area contributed by atoms with Gasteiger partial charge in [0.2, 0.25) is 11.8 Å². The molecule has 2 amide bonds. The number of hydrogen-bond donors (Lipinski definition) is 1. The summed E-state index contributed by atoms with van der Waals surface area (Å²) in [5.74, 6) is -0.283. The minimum atomic E-state index is -0.467. The Labute approximate surface area is 121 Å². The second kappa shape index (κ2) is 8.68. The molecule has 0 rings (SSSR count). The van der Waals surface area contributed by atoms with E-state index in [2.05, 4.69) is 5.32 Å². The second-order valence-electron chi connectivity index (χ2n) is 5.49. The van der Waals surface area contributed by atoms with Gasteiger partial charge in [0.15, 0.2) is 5.78 Å². The van der Waals surface area contributed by atoms with Gasteiger partial charge in [-0.25, -0.2) is 0 Å². The number of carbonyl (C=O) groups excluding carboxylic acids is 3. The summed E-state index contributed by atoms with van der Waals surface area (Å²) in [6.45, 7) is 8.05. The lowest BCUT2D eigenvalue weighted by Crippen LogP contribution is -2.48. The molecule has 20 heavy (non-hydrogen) atoms. The third kappa shape index (κ3) is 6.65. The molecular weight excluding hydrogens is 258 g/mol. The zero-order valence-electron chi connectivity index (χ0n) is 13.4. The van der Waals surface area contributed by atoms with E-state index in [-0.39, 0.29) is 36.6 Å². The normalized spacial score (nSPS) is 12.4. The molecule has 0 aromatic heterocycles. The maximum Gasteiger partial charge on any atom is 0.236 e. The van der Waals surface area contributed by atoms with Crippen LogP contribution in [0.2, 0.25) is 0 Å². The Morgan fingerprint density at radius 1 is 1.10 bits per heavy atom. The van der Waals surface area contributed by atoms with E-state index in [9.17, 15) is 14.4 Å². The molecule has 0 fully saturated rings. The van der Waals surface area contributed by atoms with Crippen molar-refractivity contribution in [3.8, 4) is 0 Å². The number of ketones is 1.